The first-order valence-electron chi connectivity index (χ1n) is 9.59. The minimum absolute atomic E-state index is 0.224. The lowest BCUT2D eigenvalue weighted by Crippen LogP contribution is -2.12. The molecule has 7 heteroatoms. The van der Waals surface area contributed by atoms with Crippen molar-refractivity contribution < 1.29 is 9.59 Å². The Hall–Kier alpha value is -4.10. The molecular weight excluding hydrogens is 408 g/mol. The van der Waals surface area contributed by atoms with Crippen molar-refractivity contribution in [2.24, 2.45) is 0 Å². The number of rotatable bonds is 4. The number of aromatic nitrogens is 2. The number of hydrogen-bond acceptors (Lipinski definition) is 5. The highest BCUT2D eigenvalue weighted by atomic mass is 32.1. The van der Waals surface area contributed by atoms with Crippen molar-refractivity contribution in [3.05, 3.63) is 96.2 Å². The van der Waals surface area contributed by atoms with Gasteiger partial charge in [-0.25, -0.2) is 9.97 Å². The number of thiazole rings is 1. The quantitative estimate of drug-likeness (QED) is 0.407. The first-order valence-corrected chi connectivity index (χ1v) is 10.4. The second kappa shape index (κ2) is 7.97. The number of carbonyl (C=O) groups excluding carboxylic acids is 2. The van der Waals surface area contributed by atoms with Crippen LogP contribution in [0.3, 0.4) is 0 Å². The van der Waals surface area contributed by atoms with Crippen molar-refractivity contribution in [3.63, 3.8) is 0 Å². The summed E-state index contributed by atoms with van der Waals surface area (Å²) in [6.45, 7) is 0. The summed E-state index contributed by atoms with van der Waals surface area (Å²) in [6, 6.07) is 24.0. The molecule has 0 fully saturated rings. The zero-order valence-corrected chi connectivity index (χ0v) is 17.0. The van der Waals surface area contributed by atoms with Gasteiger partial charge in [-0.1, -0.05) is 47.7 Å². The normalized spacial score (nSPS) is 10.8. The highest BCUT2D eigenvalue weighted by molar-refractivity contribution is 7.22. The molecule has 0 unspecified atom stereocenters. The summed E-state index contributed by atoms with van der Waals surface area (Å²) in [5, 5.41) is 8.19. The van der Waals surface area contributed by atoms with Crippen LogP contribution in [0.4, 0.5) is 10.9 Å². The van der Waals surface area contributed by atoms with Gasteiger partial charge in [0.15, 0.2) is 5.13 Å². The minimum Gasteiger partial charge on any atom is -0.307 e. The molecule has 150 valence electrons. The molecule has 0 bridgehead atoms. The van der Waals surface area contributed by atoms with Crippen LogP contribution in [0.2, 0.25) is 0 Å². The maximum absolute atomic E-state index is 12.7. The lowest BCUT2D eigenvalue weighted by molar-refractivity contribution is 0.101. The standard InChI is InChI=1S/C24H16N4O2S/c29-22(27-21-7-3-4-12-25-21)18-10-11-19-20(14-18)31-24(26-19)28-23(30)17-9-8-15-5-1-2-6-16(15)13-17/h1-14H,(H,25,27,29)(H,26,28,30). The number of nitrogens with zero attached hydrogens (tertiary/aromatic N) is 2. The molecule has 6 nitrogen and oxygen atoms in total. The maximum atomic E-state index is 12.7. The van der Waals surface area contributed by atoms with Gasteiger partial charge in [-0.2, -0.15) is 0 Å². The van der Waals surface area contributed by atoms with Crippen molar-refractivity contribution in [1.29, 1.82) is 0 Å². The summed E-state index contributed by atoms with van der Waals surface area (Å²) >= 11 is 1.32. The van der Waals surface area contributed by atoms with Crippen LogP contribution in [-0.2, 0) is 0 Å². The molecule has 2 aromatic heterocycles. The first-order chi connectivity index (χ1) is 15.2. The van der Waals surface area contributed by atoms with Gasteiger partial charge in [-0.3, -0.25) is 14.9 Å². The van der Waals surface area contributed by atoms with Crippen molar-refractivity contribution >= 4 is 55.1 Å². The SMILES string of the molecule is O=C(Nc1ccccn1)c1ccc2nc(NC(=O)c3ccc4ccccc4c3)sc2c1. The molecule has 0 aliphatic carbocycles. The van der Waals surface area contributed by atoms with E-state index in [1.54, 1.807) is 48.7 Å². The molecule has 0 saturated carbocycles. The van der Waals surface area contributed by atoms with Crippen LogP contribution in [0.1, 0.15) is 20.7 Å². The third kappa shape index (κ3) is 3.99. The van der Waals surface area contributed by atoms with Crippen LogP contribution in [0.5, 0.6) is 0 Å². The fourth-order valence-electron chi connectivity index (χ4n) is 3.24. The Kier molecular flexibility index (Phi) is 4.86. The molecule has 0 atom stereocenters. The van der Waals surface area contributed by atoms with E-state index in [0.29, 0.717) is 27.6 Å². The average molecular weight is 424 g/mol. The topological polar surface area (TPSA) is 84.0 Å². The van der Waals surface area contributed by atoms with Gasteiger partial charge in [-0.05, 0) is 53.2 Å². The largest absolute Gasteiger partial charge is 0.307 e. The zero-order valence-electron chi connectivity index (χ0n) is 16.2. The Morgan fingerprint density at radius 1 is 0.742 bits per heavy atom. The van der Waals surface area contributed by atoms with E-state index in [-0.39, 0.29) is 11.8 Å². The molecule has 0 spiro atoms. The molecular formula is C24H16N4O2S. The van der Waals surface area contributed by atoms with Crippen LogP contribution in [-0.4, -0.2) is 21.8 Å². The monoisotopic (exact) mass is 424 g/mol. The van der Waals surface area contributed by atoms with Crippen molar-refractivity contribution in [1.82, 2.24) is 9.97 Å². The molecule has 5 rings (SSSR count). The van der Waals surface area contributed by atoms with Crippen LogP contribution in [0.25, 0.3) is 21.0 Å². The third-order valence-corrected chi connectivity index (χ3v) is 5.72. The molecule has 2 amide bonds. The van der Waals surface area contributed by atoms with Crippen molar-refractivity contribution in [2.45, 2.75) is 0 Å². The number of nitrogens with one attached hydrogen (secondary N) is 2. The van der Waals surface area contributed by atoms with Gasteiger partial charge in [0.05, 0.1) is 10.2 Å². The van der Waals surface area contributed by atoms with Gasteiger partial charge in [0, 0.05) is 17.3 Å². The molecule has 5 aromatic rings. The molecule has 2 heterocycles. The highest BCUT2D eigenvalue weighted by Gasteiger charge is 2.13. The van der Waals surface area contributed by atoms with Crippen LogP contribution in [0.15, 0.2) is 85.1 Å². The molecule has 0 radical (unpaired) electrons. The van der Waals surface area contributed by atoms with E-state index in [4.69, 9.17) is 0 Å². The molecule has 31 heavy (non-hydrogen) atoms. The van der Waals surface area contributed by atoms with E-state index < -0.39 is 0 Å². The van der Waals surface area contributed by atoms with E-state index in [0.717, 1.165) is 15.5 Å². The van der Waals surface area contributed by atoms with Gasteiger partial charge >= 0.3 is 0 Å². The fourth-order valence-corrected chi connectivity index (χ4v) is 4.14. The van der Waals surface area contributed by atoms with Gasteiger partial charge in [0.1, 0.15) is 5.82 Å². The van der Waals surface area contributed by atoms with E-state index >= 15 is 0 Å². The molecule has 0 aliphatic heterocycles. The van der Waals surface area contributed by atoms with E-state index in [1.807, 2.05) is 36.4 Å². The predicted molar refractivity (Wildman–Crippen MR) is 124 cm³/mol. The Morgan fingerprint density at radius 2 is 1.48 bits per heavy atom. The molecule has 0 aliphatic rings. The van der Waals surface area contributed by atoms with Gasteiger partial charge in [0.2, 0.25) is 0 Å². The average Bonchev–Trinajstić information content (AvgIpc) is 3.20. The summed E-state index contributed by atoms with van der Waals surface area (Å²) < 4.78 is 0.808. The molecule has 3 aromatic carbocycles. The summed E-state index contributed by atoms with van der Waals surface area (Å²) in [4.78, 5) is 33.8. The fraction of sp³-hybridized carbons (Fsp3) is 0. The van der Waals surface area contributed by atoms with Crippen molar-refractivity contribution in [3.8, 4) is 0 Å². The Labute approximate surface area is 181 Å². The predicted octanol–water partition coefficient (Wildman–Crippen LogP) is 5.35. The first kappa shape index (κ1) is 18.9. The number of fused-ring (bicyclic) bond motifs is 2. The molecule has 0 saturated heterocycles. The lowest BCUT2D eigenvalue weighted by atomic mass is 10.1. The smallest absolute Gasteiger partial charge is 0.257 e. The number of carbonyl (C=O) groups is 2. The van der Waals surface area contributed by atoms with E-state index in [1.165, 1.54) is 11.3 Å². The number of anilines is 2. The van der Waals surface area contributed by atoms with Crippen molar-refractivity contribution in [2.75, 3.05) is 10.6 Å². The zero-order chi connectivity index (χ0) is 21.2. The van der Waals surface area contributed by atoms with Crippen LogP contribution in [0, 0.1) is 0 Å². The summed E-state index contributed by atoms with van der Waals surface area (Å²) in [7, 11) is 0. The maximum Gasteiger partial charge on any atom is 0.257 e. The second-order valence-electron chi connectivity index (χ2n) is 6.89. The second-order valence-corrected chi connectivity index (χ2v) is 7.92. The highest BCUT2D eigenvalue weighted by Crippen LogP contribution is 2.28. The Morgan fingerprint density at radius 3 is 2.32 bits per heavy atom. The van der Waals surface area contributed by atoms with Gasteiger partial charge in [0.25, 0.3) is 11.8 Å². The van der Waals surface area contributed by atoms with Gasteiger partial charge in [-0.15, -0.1) is 0 Å². The van der Waals surface area contributed by atoms with Gasteiger partial charge < -0.3 is 5.32 Å². The lowest BCUT2D eigenvalue weighted by Gasteiger charge is -2.03. The van der Waals surface area contributed by atoms with Crippen LogP contribution < -0.4 is 10.6 Å². The number of hydrogen-bond donors (Lipinski definition) is 2. The summed E-state index contributed by atoms with van der Waals surface area (Å²) in [5.74, 6) is 0.00826. The Bertz CT molecular complexity index is 1430. The summed E-state index contributed by atoms with van der Waals surface area (Å²) in [6.07, 6.45) is 1.62. The third-order valence-electron chi connectivity index (χ3n) is 4.79. The number of pyridine rings is 1. The molecule has 2 N–H and O–H groups in total. The summed E-state index contributed by atoms with van der Waals surface area (Å²) in [5.41, 5.74) is 1.77. The Balaban J connectivity index is 1.35. The number of amides is 2. The van der Waals surface area contributed by atoms with Crippen LogP contribution >= 0.6 is 11.3 Å². The van der Waals surface area contributed by atoms with E-state index in [2.05, 4.69) is 20.6 Å². The van der Waals surface area contributed by atoms with E-state index in [9.17, 15) is 9.59 Å². The number of benzene rings is 3. The minimum atomic E-state index is -0.254.